The fourth-order valence-electron chi connectivity index (χ4n) is 2.95. The minimum atomic E-state index is -0.503. The highest BCUT2D eigenvalue weighted by atomic mass is 16.2. The van der Waals surface area contributed by atoms with Gasteiger partial charge in [0.15, 0.2) is 0 Å². The van der Waals surface area contributed by atoms with Crippen LogP contribution in [-0.2, 0) is 9.59 Å². The Labute approximate surface area is 134 Å². The minimum absolute atomic E-state index is 0.0393. The predicted molar refractivity (Wildman–Crippen MR) is 84.8 cm³/mol. The number of likely N-dealkylation sites (tertiary alicyclic amines) is 1. The molecule has 0 bridgehead atoms. The Bertz CT molecular complexity index is 669. The molecule has 3 amide bonds. The Morgan fingerprint density at radius 2 is 2.09 bits per heavy atom. The maximum absolute atomic E-state index is 12.4. The lowest BCUT2D eigenvalue weighted by Crippen LogP contribution is -2.57. The van der Waals surface area contributed by atoms with Crippen LogP contribution in [0.4, 0.5) is 5.69 Å². The van der Waals surface area contributed by atoms with Gasteiger partial charge in [-0.05, 0) is 30.7 Å². The summed E-state index contributed by atoms with van der Waals surface area (Å²) in [6.45, 7) is 3.87. The van der Waals surface area contributed by atoms with E-state index in [-0.39, 0.29) is 30.2 Å². The molecule has 2 fully saturated rings. The maximum atomic E-state index is 12.4. The molecule has 1 aromatic carbocycles. The van der Waals surface area contributed by atoms with Crippen molar-refractivity contribution in [3.63, 3.8) is 0 Å². The molecule has 0 spiro atoms. The molecule has 0 aliphatic carbocycles. The number of hydrogen-bond donors (Lipinski definition) is 3. The van der Waals surface area contributed by atoms with Crippen LogP contribution in [0.25, 0.3) is 0 Å². The van der Waals surface area contributed by atoms with Crippen molar-refractivity contribution in [1.82, 2.24) is 10.2 Å². The number of benzene rings is 1. The number of primary amides is 1. The van der Waals surface area contributed by atoms with E-state index in [1.54, 1.807) is 30.0 Å². The molecule has 0 aromatic heterocycles. The number of nitrogens with zero attached hydrogens (tertiary/aromatic N) is 1. The molecule has 7 heteroatoms. The third-order valence-corrected chi connectivity index (χ3v) is 4.50. The van der Waals surface area contributed by atoms with Crippen molar-refractivity contribution < 1.29 is 14.4 Å². The number of amides is 3. The molecule has 2 saturated heterocycles. The van der Waals surface area contributed by atoms with Gasteiger partial charge in [-0.1, -0.05) is 0 Å². The molecular formula is C16H20N4O3. The van der Waals surface area contributed by atoms with Crippen LogP contribution in [0.2, 0.25) is 0 Å². The highest BCUT2D eigenvalue weighted by Crippen LogP contribution is 2.24. The standard InChI is InChI=1S/C16H20N4O3/c1-9-4-10(15(17)22)2-3-13(9)19-16(23)11-5-14(21)20(8-11)12-6-18-7-12/h2-4,11-12,18H,5-8H2,1H3,(H2,17,22)(H,19,23). The Balaban J connectivity index is 1.65. The number of carbonyl (C=O) groups excluding carboxylic acids is 3. The largest absolute Gasteiger partial charge is 0.366 e. The van der Waals surface area contributed by atoms with Crippen LogP contribution in [0.5, 0.6) is 0 Å². The van der Waals surface area contributed by atoms with Gasteiger partial charge >= 0.3 is 0 Å². The molecule has 0 radical (unpaired) electrons. The predicted octanol–water partition coefficient (Wildman–Crippen LogP) is -0.147. The van der Waals surface area contributed by atoms with E-state index in [0.29, 0.717) is 17.8 Å². The molecular weight excluding hydrogens is 296 g/mol. The third kappa shape index (κ3) is 3.05. The minimum Gasteiger partial charge on any atom is -0.366 e. The molecule has 3 rings (SSSR count). The summed E-state index contributed by atoms with van der Waals surface area (Å²) in [7, 11) is 0. The summed E-state index contributed by atoms with van der Waals surface area (Å²) in [4.78, 5) is 37.4. The van der Waals surface area contributed by atoms with Gasteiger partial charge in [-0.3, -0.25) is 14.4 Å². The fraction of sp³-hybridized carbons (Fsp3) is 0.438. The SMILES string of the molecule is Cc1cc(C(N)=O)ccc1NC(=O)C1CC(=O)N(C2CNC2)C1. The summed E-state index contributed by atoms with van der Waals surface area (Å²) in [5, 5.41) is 5.98. The molecule has 2 aliphatic rings. The smallest absolute Gasteiger partial charge is 0.248 e. The Hall–Kier alpha value is -2.41. The van der Waals surface area contributed by atoms with Crippen LogP contribution >= 0.6 is 0 Å². The van der Waals surface area contributed by atoms with E-state index >= 15 is 0 Å². The Morgan fingerprint density at radius 3 is 2.65 bits per heavy atom. The van der Waals surface area contributed by atoms with Gasteiger partial charge in [0.25, 0.3) is 0 Å². The Morgan fingerprint density at radius 1 is 1.35 bits per heavy atom. The monoisotopic (exact) mass is 316 g/mol. The lowest BCUT2D eigenvalue weighted by Gasteiger charge is -2.35. The van der Waals surface area contributed by atoms with Crippen molar-refractivity contribution in [3.8, 4) is 0 Å². The number of anilines is 1. The first-order valence-corrected chi connectivity index (χ1v) is 7.67. The van der Waals surface area contributed by atoms with Gasteiger partial charge in [0.05, 0.1) is 12.0 Å². The second-order valence-corrected chi connectivity index (χ2v) is 6.14. The van der Waals surface area contributed by atoms with Crippen LogP contribution in [-0.4, -0.2) is 48.3 Å². The second kappa shape index (κ2) is 6.00. The van der Waals surface area contributed by atoms with E-state index in [1.807, 2.05) is 0 Å². The van der Waals surface area contributed by atoms with E-state index in [0.717, 1.165) is 18.7 Å². The van der Waals surface area contributed by atoms with Crippen molar-refractivity contribution in [2.24, 2.45) is 11.7 Å². The van der Waals surface area contributed by atoms with Crippen molar-refractivity contribution in [1.29, 1.82) is 0 Å². The lowest BCUT2D eigenvalue weighted by molar-refractivity contribution is -0.130. The number of aryl methyl sites for hydroxylation is 1. The maximum Gasteiger partial charge on any atom is 0.248 e. The van der Waals surface area contributed by atoms with Gasteiger partial charge in [-0.15, -0.1) is 0 Å². The first-order chi connectivity index (χ1) is 11.0. The zero-order valence-corrected chi connectivity index (χ0v) is 13.0. The highest BCUT2D eigenvalue weighted by molar-refractivity contribution is 5.99. The summed E-state index contributed by atoms with van der Waals surface area (Å²) in [6, 6.07) is 5.11. The quantitative estimate of drug-likeness (QED) is 0.718. The van der Waals surface area contributed by atoms with E-state index < -0.39 is 5.91 Å². The summed E-state index contributed by atoms with van der Waals surface area (Å²) < 4.78 is 0. The number of carbonyl (C=O) groups is 3. The van der Waals surface area contributed by atoms with E-state index in [4.69, 9.17) is 5.73 Å². The lowest BCUT2D eigenvalue weighted by atomic mass is 10.1. The Kier molecular flexibility index (Phi) is 4.04. The topological polar surface area (TPSA) is 105 Å². The summed E-state index contributed by atoms with van der Waals surface area (Å²) in [5.41, 5.74) is 7.04. The molecule has 23 heavy (non-hydrogen) atoms. The van der Waals surface area contributed by atoms with Crippen LogP contribution in [0.15, 0.2) is 18.2 Å². The van der Waals surface area contributed by atoms with Crippen molar-refractivity contribution in [3.05, 3.63) is 29.3 Å². The van der Waals surface area contributed by atoms with E-state index in [2.05, 4.69) is 10.6 Å². The van der Waals surface area contributed by atoms with Crippen molar-refractivity contribution in [2.75, 3.05) is 25.0 Å². The third-order valence-electron chi connectivity index (χ3n) is 4.50. The first-order valence-electron chi connectivity index (χ1n) is 7.67. The molecule has 7 nitrogen and oxygen atoms in total. The van der Waals surface area contributed by atoms with Crippen LogP contribution < -0.4 is 16.4 Å². The normalized spacial score (nSPS) is 21.2. The molecule has 1 unspecified atom stereocenters. The van der Waals surface area contributed by atoms with Crippen LogP contribution in [0.1, 0.15) is 22.3 Å². The number of nitrogens with one attached hydrogen (secondary N) is 2. The highest BCUT2D eigenvalue weighted by Gasteiger charge is 2.39. The molecule has 1 aromatic rings. The second-order valence-electron chi connectivity index (χ2n) is 6.14. The molecule has 1 atom stereocenters. The van der Waals surface area contributed by atoms with Gasteiger partial charge in [-0.2, -0.15) is 0 Å². The average molecular weight is 316 g/mol. The first kappa shape index (κ1) is 15.5. The fourth-order valence-corrected chi connectivity index (χ4v) is 2.95. The summed E-state index contributed by atoms with van der Waals surface area (Å²) in [5.74, 6) is -0.962. The zero-order chi connectivity index (χ0) is 16.6. The summed E-state index contributed by atoms with van der Waals surface area (Å²) >= 11 is 0. The zero-order valence-electron chi connectivity index (χ0n) is 13.0. The van der Waals surface area contributed by atoms with E-state index in [9.17, 15) is 14.4 Å². The molecule has 0 saturated carbocycles. The van der Waals surface area contributed by atoms with Gasteiger partial charge in [0.2, 0.25) is 17.7 Å². The number of rotatable bonds is 4. The van der Waals surface area contributed by atoms with Crippen LogP contribution in [0.3, 0.4) is 0 Å². The van der Waals surface area contributed by atoms with Crippen LogP contribution in [0, 0.1) is 12.8 Å². The van der Waals surface area contributed by atoms with E-state index in [1.165, 1.54) is 0 Å². The molecule has 4 N–H and O–H groups in total. The molecule has 2 heterocycles. The van der Waals surface area contributed by atoms with Gasteiger partial charge in [-0.25, -0.2) is 0 Å². The summed E-state index contributed by atoms with van der Waals surface area (Å²) in [6.07, 6.45) is 0.251. The molecule has 122 valence electrons. The van der Waals surface area contributed by atoms with Gasteiger partial charge < -0.3 is 21.3 Å². The number of nitrogens with two attached hydrogens (primary N) is 1. The molecule has 2 aliphatic heterocycles. The number of hydrogen-bond acceptors (Lipinski definition) is 4. The van der Waals surface area contributed by atoms with Crippen molar-refractivity contribution >= 4 is 23.4 Å². The van der Waals surface area contributed by atoms with Crippen molar-refractivity contribution in [2.45, 2.75) is 19.4 Å². The van der Waals surface area contributed by atoms with Gasteiger partial charge in [0.1, 0.15) is 0 Å². The van der Waals surface area contributed by atoms with Gasteiger partial charge in [0, 0.05) is 37.3 Å². The average Bonchev–Trinajstić information content (AvgIpc) is 2.81.